The maximum atomic E-state index is 2.67. The predicted molar refractivity (Wildman–Crippen MR) is 223 cm³/mol. The molecular formula is C49H96. The molecule has 0 radical (unpaired) electrons. The maximum absolute atomic E-state index is 2.67. The molecule has 0 heteroatoms. The van der Waals surface area contributed by atoms with Crippen LogP contribution < -0.4 is 0 Å². The molecule has 11 unspecified atom stereocenters. The highest BCUT2D eigenvalue weighted by atomic mass is 14.5. The monoisotopic (exact) mass is 685 g/mol. The van der Waals surface area contributed by atoms with Crippen LogP contribution in [0.3, 0.4) is 0 Å². The fourth-order valence-corrected chi connectivity index (χ4v) is 12.9. The van der Waals surface area contributed by atoms with Crippen molar-refractivity contribution in [3.63, 3.8) is 0 Å². The van der Waals surface area contributed by atoms with E-state index in [2.05, 4.69) is 90.0 Å². The summed E-state index contributed by atoms with van der Waals surface area (Å²) in [6, 6.07) is 0. The van der Waals surface area contributed by atoms with Crippen LogP contribution in [0.4, 0.5) is 0 Å². The maximum Gasteiger partial charge on any atom is -0.0243 e. The lowest BCUT2D eigenvalue weighted by atomic mass is 9.54. The van der Waals surface area contributed by atoms with E-state index in [1.807, 2.05) is 0 Å². The minimum absolute atomic E-state index is 0.519. The molecule has 2 rings (SSSR count). The summed E-state index contributed by atoms with van der Waals surface area (Å²) < 4.78 is 0. The molecule has 0 amide bonds. The predicted octanol–water partition coefficient (Wildman–Crippen LogP) is 17.0. The third-order valence-corrected chi connectivity index (χ3v) is 16.1. The van der Waals surface area contributed by atoms with E-state index in [4.69, 9.17) is 0 Å². The minimum atomic E-state index is 0.519. The SMILES string of the molecule is CCCCC1CC(CC2(C(C)C)CCCC(CCC)CC2CC)CCC(CC(C)CCC(C)C(CC)CC(C)CCC)(C(C)C)C(CC)C1. The molecule has 0 aromatic carbocycles. The van der Waals surface area contributed by atoms with Gasteiger partial charge in [-0.25, -0.2) is 0 Å². The third kappa shape index (κ3) is 13.1. The molecular weight excluding hydrogens is 589 g/mol. The molecule has 0 saturated heterocycles. The number of hydrogen-bond donors (Lipinski definition) is 0. The van der Waals surface area contributed by atoms with Gasteiger partial charge in [0.25, 0.3) is 0 Å². The Kier molecular flexibility index (Phi) is 21.1. The van der Waals surface area contributed by atoms with Crippen molar-refractivity contribution in [1.29, 1.82) is 0 Å². The molecule has 49 heavy (non-hydrogen) atoms. The van der Waals surface area contributed by atoms with Gasteiger partial charge in [0, 0.05) is 0 Å². The summed E-state index contributed by atoms with van der Waals surface area (Å²) in [5.41, 5.74) is 1.08. The molecule has 11 atom stereocenters. The smallest absolute Gasteiger partial charge is 0.0243 e. The van der Waals surface area contributed by atoms with E-state index in [0.29, 0.717) is 10.8 Å². The van der Waals surface area contributed by atoms with E-state index >= 15 is 0 Å². The van der Waals surface area contributed by atoms with Gasteiger partial charge in [0.15, 0.2) is 0 Å². The molecule has 0 aliphatic heterocycles. The van der Waals surface area contributed by atoms with Crippen molar-refractivity contribution in [1.82, 2.24) is 0 Å². The Morgan fingerprint density at radius 2 is 1.22 bits per heavy atom. The molecule has 0 spiro atoms. The summed E-state index contributed by atoms with van der Waals surface area (Å²) in [7, 11) is 0. The Morgan fingerprint density at radius 1 is 0.571 bits per heavy atom. The van der Waals surface area contributed by atoms with Crippen LogP contribution in [-0.2, 0) is 0 Å². The first-order valence-electron chi connectivity index (χ1n) is 23.4. The van der Waals surface area contributed by atoms with Crippen molar-refractivity contribution >= 4 is 0 Å². The molecule has 0 aromatic rings. The van der Waals surface area contributed by atoms with Crippen molar-refractivity contribution in [3.05, 3.63) is 0 Å². The summed E-state index contributed by atoms with van der Waals surface area (Å²) >= 11 is 0. The normalized spacial score (nSPS) is 32.8. The fraction of sp³-hybridized carbons (Fsp3) is 1.00. The molecule has 0 bridgehead atoms. The van der Waals surface area contributed by atoms with Crippen molar-refractivity contribution < 1.29 is 0 Å². The van der Waals surface area contributed by atoms with Crippen LogP contribution in [0, 0.1) is 75.9 Å². The van der Waals surface area contributed by atoms with Crippen LogP contribution >= 0.6 is 0 Å². The average molecular weight is 685 g/mol. The molecule has 0 heterocycles. The molecule has 2 aliphatic rings. The van der Waals surface area contributed by atoms with E-state index in [-0.39, 0.29) is 0 Å². The van der Waals surface area contributed by atoms with Crippen molar-refractivity contribution in [2.24, 2.45) is 75.9 Å². The first-order valence-corrected chi connectivity index (χ1v) is 23.4. The van der Waals surface area contributed by atoms with Crippen molar-refractivity contribution in [2.75, 3.05) is 0 Å². The van der Waals surface area contributed by atoms with Gasteiger partial charge >= 0.3 is 0 Å². The highest BCUT2D eigenvalue weighted by Crippen LogP contribution is 2.57. The Labute approximate surface area is 312 Å². The van der Waals surface area contributed by atoms with Gasteiger partial charge in [0.1, 0.15) is 0 Å². The Hall–Kier alpha value is 0. The van der Waals surface area contributed by atoms with Crippen LogP contribution in [0.2, 0.25) is 0 Å². The topological polar surface area (TPSA) is 0 Å². The lowest BCUT2D eigenvalue weighted by molar-refractivity contribution is -0.0158. The van der Waals surface area contributed by atoms with Crippen molar-refractivity contribution in [3.8, 4) is 0 Å². The Morgan fingerprint density at radius 3 is 1.80 bits per heavy atom. The molecule has 0 N–H and O–H groups in total. The van der Waals surface area contributed by atoms with Gasteiger partial charge in [-0.15, -0.1) is 0 Å². The van der Waals surface area contributed by atoms with Gasteiger partial charge in [-0.1, -0.05) is 180 Å². The molecule has 2 fully saturated rings. The van der Waals surface area contributed by atoms with Gasteiger partial charge in [-0.05, 0) is 134 Å². The summed E-state index contributed by atoms with van der Waals surface area (Å²) in [5, 5.41) is 0. The van der Waals surface area contributed by atoms with E-state index in [0.717, 1.165) is 65.1 Å². The van der Waals surface area contributed by atoms with Crippen LogP contribution in [-0.4, -0.2) is 0 Å². The van der Waals surface area contributed by atoms with Crippen LogP contribution in [0.1, 0.15) is 238 Å². The molecule has 2 saturated carbocycles. The second-order valence-electron chi connectivity index (χ2n) is 20.0. The zero-order valence-electron chi connectivity index (χ0n) is 36.6. The molecule has 0 nitrogen and oxygen atoms in total. The quantitative estimate of drug-likeness (QED) is 0.0996. The first-order chi connectivity index (χ1) is 23.4. The lowest BCUT2D eigenvalue weighted by Gasteiger charge is -2.51. The van der Waals surface area contributed by atoms with Gasteiger partial charge in [0.2, 0.25) is 0 Å². The van der Waals surface area contributed by atoms with Crippen LogP contribution in [0.15, 0.2) is 0 Å². The Bertz CT molecular complexity index is 824. The van der Waals surface area contributed by atoms with Gasteiger partial charge in [0.05, 0.1) is 0 Å². The second-order valence-corrected chi connectivity index (χ2v) is 20.0. The zero-order valence-corrected chi connectivity index (χ0v) is 36.6. The van der Waals surface area contributed by atoms with Crippen molar-refractivity contribution in [2.45, 2.75) is 238 Å². The average Bonchev–Trinajstić information content (AvgIpc) is 3.24. The van der Waals surface area contributed by atoms with Crippen LogP contribution in [0.5, 0.6) is 0 Å². The van der Waals surface area contributed by atoms with E-state index < -0.39 is 0 Å². The molecule has 292 valence electrons. The molecule has 0 aromatic heterocycles. The van der Waals surface area contributed by atoms with E-state index in [1.54, 1.807) is 0 Å². The minimum Gasteiger partial charge on any atom is -0.0654 e. The largest absolute Gasteiger partial charge is 0.0654 e. The fourth-order valence-electron chi connectivity index (χ4n) is 12.9. The van der Waals surface area contributed by atoms with E-state index in [1.165, 1.54) is 148 Å². The highest BCUT2D eigenvalue weighted by molar-refractivity contribution is 4.98. The highest BCUT2D eigenvalue weighted by Gasteiger charge is 2.47. The lowest BCUT2D eigenvalue weighted by Crippen LogP contribution is -2.42. The van der Waals surface area contributed by atoms with Gasteiger partial charge < -0.3 is 0 Å². The number of rotatable bonds is 22. The number of hydrogen-bond acceptors (Lipinski definition) is 0. The second kappa shape index (κ2) is 22.9. The molecule has 2 aliphatic carbocycles. The summed E-state index contributed by atoms with van der Waals surface area (Å²) in [6.45, 7) is 33.2. The number of unbranched alkanes of at least 4 members (excludes halogenated alkanes) is 1. The van der Waals surface area contributed by atoms with Gasteiger partial charge in [-0.2, -0.15) is 0 Å². The standard InChI is InChI=1S/C49H96/c1-14-20-24-43-32-44(36-48(37(7)8)29-21-25-42(23-16-3)33-46(48)18-5)28-30-49(38(9)10,47(19-6)34-43)35-40(12)26-27-41(13)45(17-4)31-39(11)22-15-2/h37-47H,14-36H2,1-13H3. The summed E-state index contributed by atoms with van der Waals surface area (Å²) in [5.74, 6) is 9.84. The summed E-state index contributed by atoms with van der Waals surface area (Å²) in [4.78, 5) is 0. The van der Waals surface area contributed by atoms with E-state index in [9.17, 15) is 0 Å². The Balaban J connectivity index is 2.35. The van der Waals surface area contributed by atoms with Gasteiger partial charge in [-0.3, -0.25) is 0 Å². The zero-order chi connectivity index (χ0) is 36.6. The third-order valence-electron chi connectivity index (χ3n) is 16.1. The van der Waals surface area contributed by atoms with Crippen LogP contribution in [0.25, 0.3) is 0 Å². The first kappa shape index (κ1) is 45.2. The summed E-state index contributed by atoms with van der Waals surface area (Å²) in [6.07, 6.45) is 33.5.